The van der Waals surface area contributed by atoms with Crippen LogP contribution in [0.4, 0.5) is 0 Å². The van der Waals surface area contributed by atoms with Gasteiger partial charge in [-0.15, -0.1) is 0 Å². The Hall–Kier alpha value is -1.54. The molecule has 114 valence electrons. The molecule has 21 heavy (non-hydrogen) atoms. The molecule has 1 aromatic carbocycles. The van der Waals surface area contributed by atoms with Crippen LogP contribution < -0.4 is 5.32 Å². The van der Waals surface area contributed by atoms with Crippen LogP contribution in [0.15, 0.2) is 23.0 Å². The van der Waals surface area contributed by atoms with E-state index in [1.807, 2.05) is 6.26 Å². The van der Waals surface area contributed by atoms with Crippen molar-refractivity contribution in [3.8, 4) is 0 Å². The molecule has 1 unspecified atom stereocenters. The Bertz CT molecular complexity index is 582. The van der Waals surface area contributed by atoms with Gasteiger partial charge in [0.25, 0.3) is 0 Å². The van der Waals surface area contributed by atoms with E-state index in [2.05, 4.69) is 52.9 Å². The molecule has 0 saturated carbocycles. The molecular formula is C19H27NO. The van der Waals surface area contributed by atoms with Gasteiger partial charge in [0.15, 0.2) is 0 Å². The molecule has 1 atom stereocenters. The first-order valence-electron chi connectivity index (χ1n) is 7.81. The van der Waals surface area contributed by atoms with Crippen LogP contribution in [-0.2, 0) is 0 Å². The summed E-state index contributed by atoms with van der Waals surface area (Å²) >= 11 is 0. The second-order valence-electron chi connectivity index (χ2n) is 5.98. The quantitative estimate of drug-likeness (QED) is 0.844. The highest BCUT2D eigenvalue weighted by Crippen LogP contribution is 2.33. The first kappa shape index (κ1) is 15.8. The third kappa shape index (κ3) is 2.91. The fraction of sp³-hybridized carbons (Fsp3) is 0.474. The Kier molecular flexibility index (Phi) is 4.89. The second-order valence-corrected chi connectivity index (χ2v) is 5.98. The number of rotatable bonds is 5. The first-order valence-corrected chi connectivity index (χ1v) is 7.81. The van der Waals surface area contributed by atoms with Crippen molar-refractivity contribution in [2.24, 2.45) is 0 Å². The van der Waals surface area contributed by atoms with Gasteiger partial charge in [-0.1, -0.05) is 6.92 Å². The lowest BCUT2D eigenvalue weighted by Crippen LogP contribution is -2.25. The molecule has 1 aromatic heterocycles. The summed E-state index contributed by atoms with van der Waals surface area (Å²) in [6.45, 7) is 14.4. The van der Waals surface area contributed by atoms with Gasteiger partial charge in [0.2, 0.25) is 0 Å². The summed E-state index contributed by atoms with van der Waals surface area (Å²) in [6.07, 6.45) is 4.74. The molecule has 0 saturated heterocycles. The predicted molar refractivity (Wildman–Crippen MR) is 89.0 cm³/mol. The van der Waals surface area contributed by atoms with Crippen molar-refractivity contribution < 1.29 is 4.42 Å². The van der Waals surface area contributed by atoms with Crippen LogP contribution in [0.3, 0.4) is 0 Å². The topological polar surface area (TPSA) is 25.2 Å². The smallest absolute Gasteiger partial charge is 0.0953 e. The average molecular weight is 285 g/mol. The highest BCUT2D eigenvalue weighted by molar-refractivity contribution is 5.52. The molecule has 2 nitrogen and oxygen atoms in total. The van der Waals surface area contributed by atoms with E-state index in [1.165, 1.54) is 38.9 Å². The number of nitrogens with one attached hydrogen (secondary N) is 1. The molecule has 1 heterocycles. The minimum atomic E-state index is 0.210. The minimum absolute atomic E-state index is 0.210. The first-order chi connectivity index (χ1) is 9.99. The molecule has 2 heteroatoms. The Balaban J connectivity index is 2.60. The maximum Gasteiger partial charge on any atom is 0.0953 e. The summed E-state index contributed by atoms with van der Waals surface area (Å²) < 4.78 is 5.32. The molecule has 0 aliphatic rings. The van der Waals surface area contributed by atoms with E-state index in [0.717, 1.165) is 13.0 Å². The molecule has 0 spiro atoms. The van der Waals surface area contributed by atoms with Gasteiger partial charge >= 0.3 is 0 Å². The summed E-state index contributed by atoms with van der Waals surface area (Å²) in [5.41, 5.74) is 9.62. The largest absolute Gasteiger partial charge is 0.472 e. The minimum Gasteiger partial charge on any atom is -0.472 e. The fourth-order valence-electron chi connectivity index (χ4n) is 3.08. The van der Waals surface area contributed by atoms with Crippen molar-refractivity contribution in [1.82, 2.24) is 5.32 Å². The fourth-order valence-corrected chi connectivity index (χ4v) is 3.08. The van der Waals surface area contributed by atoms with E-state index < -0.39 is 0 Å². The van der Waals surface area contributed by atoms with E-state index in [4.69, 9.17) is 4.42 Å². The average Bonchev–Trinajstić information content (AvgIpc) is 3.00. The molecule has 0 aliphatic carbocycles. The van der Waals surface area contributed by atoms with E-state index in [0.29, 0.717) is 0 Å². The SMILES string of the molecule is CCCNC(c1ccoc1)c1c(C)c(C)c(C)c(C)c1C. The molecule has 0 bridgehead atoms. The molecule has 2 aromatic rings. The zero-order chi connectivity index (χ0) is 15.6. The lowest BCUT2D eigenvalue weighted by Gasteiger charge is -2.26. The van der Waals surface area contributed by atoms with Gasteiger partial charge in [0.05, 0.1) is 18.6 Å². The van der Waals surface area contributed by atoms with E-state index in [9.17, 15) is 0 Å². The van der Waals surface area contributed by atoms with Crippen molar-refractivity contribution in [2.75, 3.05) is 6.54 Å². The summed E-state index contributed by atoms with van der Waals surface area (Å²) in [7, 11) is 0. The van der Waals surface area contributed by atoms with Crippen LogP contribution in [0, 0.1) is 34.6 Å². The van der Waals surface area contributed by atoms with Crippen molar-refractivity contribution in [3.63, 3.8) is 0 Å². The van der Waals surface area contributed by atoms with Crippen LogP contribution in [-0.4, -0.2) is 6.54 Å². The monoisotopic (exact) mass is 285 g/mol. The highest BCUT2D eigenvalue weighted by atomic mass is 16.3. The number of benzene rings is 1. The summed E-state index contributed by atoms with van der Waals surface area (Å²) in [4.78, 5) is 0. The van der Waals surface area contributed by atoms with Crippen LogP contribution in [0.1, 0.15) is 58.3 Å². The molecular weight excluding hydrogens is 258 g/mol. The van der Waals surface area contributed by atoms with Gasteiger partial charge in [-0.05, 0) is 87.0 Å². The molecule has 2 rings (SSSR count). The van der Waals surface area contributed by atoms with Crippen molar-refractivity contribution >= 4 is 0 Å². The van der Waals surface area contributed by atoms with Crippen LogP contribution in [0.5, 0.6) is 0 Å². The third-order valence-electron chi connectivity index (χ3n) is 4.82. The van der Waals surface area contributed by atoms with Gasteiger partial charge in [-0.25, -0.2) is 0 Å². The molecule has 0 amide bonds. The van der Waals surface area contributed by atoms with E-state index >= 15 is 0 Å². The third-order valence-corrected chi connectivity index (χ3v) is 4.82. The Morgan fingerprint density at radius 1 is 0.952 bits per heavy atom. The van der Waals surface area contributed by atoms with Crippen molar-refractivity contribution in [1.29, 1.82) is 0 Å². The Morgan fingerprint density at radius 3 is 2.00 bits per heavy atom. The van der Waals surface area contributed by atoms with Crippen LogP contribution >= 0.6 is 0 Å². The van der Waals surface area contributed by atoms with Crippen molar-refractivity contribution in [3.05, 3.63) is 57.5 Å². The molecule has 0 aliphatic heterocycles. The maximum atomic E-state index is 5.32. The highest BCUT2D eigenvalue weighted by Gasteiger charge is 2.22. The van der Waals surface area contributed by atoms with Gasteiger partial charge < -0.3 is 9.73 Å². The van der Waals surface area contributed by atoms with Gasteiger partial charge in [-0.2, -0.15) is 0 Å². The zero-order valence-electron chi connectivity index (χ0n) is 14.1. The summed E-state index contributed by atoms with van der Waals surface area (Å²) in [5.74, 6) is 0. The van der Waals surface area contributed by atoms with Crippen LogP contribution in [0.2, 0.25) is 0 Å². The van der Waals surface area contributed by atoms with E-state index in [1.54, 1.807) is 6.26 Å². The molecule has 0 radical (unpaired) electrons. The van der Waals surface area contributed by atoms with Crippen molar-refractivity contribution in [2.45, 2.75) is 54.0 Å². The number of hydrogen-bond acceptors (Lipinski definition) is 2. The normalized spacial score (nSPS) is 12.7. The number of hydrogen-bond donors (Lipinski definition) is 1. The lowest BCUT2D eigenvalue weighted by atomic mass is 9.84. The second kappa shape index (κ2) is 6.48. The maximum absolute atomic E-state index is 5.32. The lowest BCUT2D eigenvalue weighted by molar-refractivity contribution is 0.547. The van der Waals surface area contributed by atoms with Crippen LogP contribution in [0.25, 0.3) is 0 Å². The standard InChI is InChI=1S/C19H27NO/c1-7-9-20-19(17-8-10-21-11-17)18-15(5)13(3)12(2)14(4)16(18)6/h8,10-11,19-20H,7,9H2,1-6H3. The molecule has 0 fully saturated rings. The zero-order valence-corrected chi connectivity index (χ0v) is 14.1. The van der Waals surface area contributed by atoms with Gasteiger partial charge in [0, 0.05) is 5.56 Å². The van der Waals surface area contributed by atoms with E-state index in [-0.39, 0.29) is 6.04 Å². The Labute approximate surface area is 128 Å². The predicted octanol–water partition coefficient (Wildman–Crippen LogP) is 4.91. The summed E-state index contributed by atoms with van der Waals surface area (Å²) in [5, 5.41) is 3.68. The molecule has 1 N–H and O–H groups in total. The van der Waals surface area contributed by atoms with Gasteiger partial charge in [-0.3, -0.25) is 0 Å². The summed E-state index contributed by atoms with van der Waals surface area (Å²) in [6, 6.07) is 2.28. The van der Waals surface area contributed by atoms with Gasteiger partial charge in [0.1, 0.15) is 0 Å². The Morgan fingerprint density at radius 2 is 1.52 bits per heavy atom. The number of furan rings is 1.